The van der Waals surface area contributed by atoms with Gasteiger partial charge in [-0.1, -0.05) is 62.2 Å². The lowest BCUT2D eigenvalue weighted by molar-refractivity contribution is 0.217. The molecule has 1 atom stereocenters. The Hall–Kier alpha value is -3.69. The minimum atomic E-state index is -0.543. The molecule has 0 radical (unpaired) electrons. The molecule has 0 spiro atoms. The van der Waals surface area contributed by atoms with Crippen molar-refractivity contribution in [3.05, 3.63) is 75.7 Å². The van der Waals surface area contributed by atoms with Crippen LogP contribution >= 0.6 is 23.2 Å². The van der Waals surface area contributed by atoms with Crippen LogP contribution in [0.25, 0.3) is 10.9 Å². The third-order valence-electron chi connectivity index (χ3n) is 6.66. The molecule has 1 fully saturated rings. The molecule has 8 nitrogen and oxygen atoms in total. The summed E-state index contributed by atoms with van der Waals surface area (Å²) in [7, 11) is 0. The van der Waals surface area contributed by atoms with Crippen molar-refractivity contribution >= 4 is 45.5 Å². The van der Waals surface area contributed by atoms with Gasteiger partial charge in [-0.2, -0.15) is 10.5 Å². The number of rotatable bonds is 7. The number of hydrazine groups is 2. The van der Waals surface area contributed by atoms with Gasteiger partial charge in [-0.3, -0.25) is 9.99 Å². The summed E-state index contributed by atoms with van der Waals surface area (Å²) in [5.41, 5.74) is 9.92. The topological polar surface area (TPSA) is 112 Å². The smallest absolute Gasteiger partial charge is 0.143 e. The molecular weight excluding hydrogens is 519 g/mol. The lowest BCUT2D eigenvalue weighted by atomic mass is 9.96. The maximum Gasteiger partial charge on any atom is 0.143 e. The van der Waals surface area contributed by atoms with Gasteiger partial charge in [0.2, 0.25) is 0 Å². The lowest BCUT2D eigenvalue weighted by Crippen LogP contribution is -2.44. The summed E-state index contributed by atoms with van der Waals surface area (Å²) in [5, 5.41) is 30.1. The highest BCUT2D eigenvalue weighted by atomic mass is 35.5. The van der Waals surface area contributed by atoms with E-state index in [0.717, 1.165) is 35.2 Å². The maximum absolute atomic E-state index is 9.79. The fraction of sp³-hybridized carbons (Fsp3) is 0.321. The number of anilines is 2. The number of aromatic nitrogens is 1. The van der Waals surface area contributed by atoms with Gasteiger partial charge in [0.1, 0.15) is 11.6 Å². The third-order valence-corrected chi connectivity index (χ3v) is 7.29. The Labute approximate surface area is 232 Å². The fourth-order valence-electron chi connectivity index (χ4n) is 4.40. The predicted octanol–water partition coefficient (Wildman–Crippen LogP) is 6.25. The van der Waals surface area contributed by atoms with Gasteiger partial charge in [0.15, 0.2) is 0 Å². The standard InChI is InChI=1S/C28H28Cl2N8/c1-27(2,3)16-34-24-17(12-31)13-33-25-20(24)10-18(11-22(25)30)35-26(19-6-4-5-7-21(19)29)23-14-38(37-36-23)28(15-32)8-9-28/h4-7,10-11,13-14,26,35-37H,8-9,16H2,1-3H3,(H,33,34). The molecule has 1 aromatic heterocycles. The highest BCUT2D eigenvalue weighted by molar-refractivity contribution is 6.36. The fourth-order valence-corrected chi connectivity index (χ4v) is 4.91. The summed E-state index contributed by atoms with van der Waals surface area (Å²) < 4.78 is 0. The largest absolute Gasteiger partial charge is 0.383 e. The van der Waals surface area contributed by atoms with E-state index in [4.69, 9.17) is 23.2 Å². The quantitative estimate of drug-likeness (QED) is 0.275. The van der Waals surface area contributed by atoms with Gasteiger partial charge in [0, 0.05) is 35.0 Å². The van der Waals surface area contributed by atoms with E-state index in [9.17, 15) is 10.5 Å². The molecule has 38 heavy (non-hydrogen) atoms. The molecule has 10 heteroatoms. The minimum absolute atomic E-state index is 0.00103. The summed E-state index contributed by atoms with van der Waals surface area (Å²) in [5.74, 6) is 0. The summed E-state index contributed by atoms with van der Waals surface area (Å²) >= 11 is 13.4. The summed E-state index contributed by atoms with van der Waals surface area (Å²) in [4.78, 5) is 4.47. The second kappa shape index (κ2) is 9.89. The van der Waals surface area contributed by atoms with E-state index in [2.05, 4.69) is 59.5 Å². The highest BCUT2D eigenvalue weighted by Crippen LogP contribution is 2.43. The molecule has 1 aliphatic carbocycles. The number of nitriles is 2. The molecule has 0 bridgehead atoms. The van der Waals surface area contributed by atoms with Crippen LogP contribution in [-0.4, -0.2) is 22.1 Å². The van der Waals surface area contributed by atoms with Gasteiger partial charge < -0.3 is 16.1 Å². The van der Waals surface area contributed by atoms with Crippen molar-refractivity contribution in [3.63, 3.8) is 0 Å². The Bertz CT molecular complexity index is 1510. The van der Waals surface area contributed by atoms with Crippen LogP contribution in [0.1, 0.15) is 50.8 Å². The van der Waals surface area contributed by atoms with Crippen molar-refractivity contribution in [1.82, 2.24) is 21.0 Å². The molecule has 194 valence electrons. The van der Waals surface area contributed by atoms with Crippen LogP contribution < -0.4 is 21.6 Å². The molecule has 2 aliphatic rings. The molecule has 4 N–H and O–H groups in total. The number of halogens is 2. The minimum Gasteiger partial charge on any atom is -0.383 e. The van der Waals surface area contributed by atoms with E-state index in [0.29, 0.717) is 33.4 Å². The van der Waals surface area contributed by atoms with Crippen LogP contribution in [0, 0.1) is 28.1 Å². The van der Waals surface area contributed by atoms with E-state index in [1.165, 1.54) is 0 Å². The Morgan fingerprint density at radius 1 is 1.16 bits per heavy atom. The molecule has 5 rings (SSSR count). The molecule has 2 heterocycles. The maximum atomic E-state index is 9.79. The summed E-state index contributed by atoms with van der Waals surface area (Å²) in [6.45, 7) is 7.04. The predicted molar refractivity (Wildman–Crippen MR) is 151 cm³/mol. The zero-order valence-electron chi connectivity index (χ0n) is 21.4. The van der Waals surface area contributed by atoms with Crippen molar-refractivity contribution in [2.45, 2.75) is 45.2 Å². The summed E-state index contributed by atoms with van der Waals surface area (Å²) in [6, 6.07) is 15.6. The van der Waals surface area contributed by atoms with E-state index in [-0.39, 0.29) is 11.5 Å². The van der Waals surface area contributed by atoms with E-state index in [1.54, 1.807) is 6.20 Å². The van der Waals surface area contributed by atoms with Gasteiger partial charge in [-0.05, 0) is 42.0 Å². The Kier molecular flexibility index (Phi) is 6.75. The normalized spacial score (nSPS) is 16.7. The highest BCUT2D eigenvalue weighted by Gasteiger charge is 2.50. The first kappa shape index (κ1) is 25.9. The SMILES string of the molecule is CC(C)(C)CNc1c(C#N)cnc2c(Cl)cc(NC(C3=CN(C4(C#N)CC4)NN3)c3ccccc3Cl)cc12. The zero-order valence-corrected chi connectivity index (χ0v) is 22.9. The van der Waals surface area contributed by atoms with Gasteiger partial charge in [0.25, 0.3) is 0 Å². The van der Waals surface area contributed by atoms with Gasteiger partial charge in [-0.15, -0.1) is 5.53 Å². The number of hydrogen-bond acceptors (Lipinski definition) is 8. The van der Waals surface area contributed by atoms with Crippen molar-refractivity contribution in [1.29, 1.82) is 10.5 Å². The van der Waals surface area contributed by atoms with Crippen molar-refractivity contribution in [3.8, 4) is 12.1 Å². The van der Waals surface area contributed by atoms with Gasteiger partial charge in [0.05, 0.1) is 39.6 Å². The third kappa shape index (κ3) is 5.04. The van der Waals surface area contributed by atoms with Crippen LogP contribution in [-0.2, 0) is 0 Å². The van der Waals surface area contributed by atoms with Crippen molar-refractivity contribution < 1.29 is 0 Å². The molecule has 0 saturated heterocycles. The average molecular weight is 547 g/mol. The zero-order chi connectivity index (χ0) is 27.1. The second-order valence-electron chi connectivity index (χ2n) is 10.9. The lowest BCUT2D eigenvalue weighted by Gasteiger charge is -2.24. The van der Waals surface area contributed by atoms with Crippen molar-refractivity contribution in [2.75, 3.05) is 17.2 Å². The molecule has 2 aromatic carbocycles. The number of hydrogen-bond donors (Lipinski definition) is 4. The van der Waals surface area contributed by atoms with Crippen LogP contribution in [0.4, 0.5) is 11.4 Å². The number of nitrogens with zero attached hydrogens (tertiary/aromatic N) is 4. The van der Waals surface area contributed by atoms with Crippen LogP contribution in [0.3, 0.4) is 0 Å². The molecule has 1 aliphatic heterocycles. The van der Waals surface area contributed by atoms with Gasteiger partial charge >= 0.3 is 0 Å². The Morgan fingerprint density at radius 3 is 2.58 bits per heavy atom. The molecule has 1 saturated carbocycles. The second-order valence-corrected chi connectivity index (χ2v) is 11.7. The Morgan fingerprint density at radius 2 is 1.92 bits per heavy atom. The number of nitrogens with one attached hydrogen (secondary N) is 4. The van der Waals surface area contributed by atoms with Gasteiger partial charge in [-0.25, -0.2) is 0 Å². The number of pyridine rings is 1. The molecular formula is C28H28Cl2N8. The monoisotopic (exact) mass is 546 g/mol. The van der Waals surface area contributed by atoms with Crippen LogP contribution in [0.2, 0.25) is 10.0 Å². The van der Waals surface area contributed by atoms with E-state index in [1.807, 2.05) is 47.6 Å². The van der Waals surface area contributed by atoms with E-state index < -0.39 is 5.54 Å². The summed E-state index contributed by atoms with van der Waals surface area (Å²) in [6.07, 6.45) is 5.05. The number of benzene rings is 2. The Balaban J connectivity index is 1.57. The molecule has 3 aromatic rings. The van der Waals surface area contributed by atoms with Crippen LogP contribution in [0.5, 0.6) is 0 Å². The first-order valence-corrected chi connectivity index (χ1v) is 13.1. The molecule has 1 unspecified atom stereocenters. The van der Waals surface area contributed by atoms with Crippen LogP contribution in [0.15, 0.2) is 54.5 Å². The van der Waals surface area contributed by atoms with Crippen molar-refractivity contribution in [2.24, 2.45) is 5.41 Å². The van der Waals surface area contributed by atoms with E-state index >= 15 is 0 Å². The first-order chi connectivity index (χ1) is 18.1. The number of fused-ring (bicyclic) bond motifs is 1. The molecule has 0 amide bonds. The first-order valence-electron chi connectivity index (χ1n) is 12.4. The average Bonchev–Trinajstić information content (AvgIpc) is 3.53.